The maximum Gasteiger partial charge on any atom is 0.0543 e. The third kappa shape index (κ3) is 4.66. The number of hydrogen-bond acceptors (Lipinski definition) is 4. The lowest BCUT2D eigenvalue weighted by atomic mass is 10.00. The molecule has 4 atom stereocenters. The maximum atomic E-state index is 4.75. The highest BCUT2D eigenvalue weighted by Gasteiger charge is 2.23. The Morgan fingerprint density at radius 1 is 0.654 bits per heavy atom. The van der Waals surface area contributed by atoms with Crippen molar-refractivity contribution < 1.29 is 0 Å². The van der Waals surface area contributed by atoms with Crippen molar-refractivity contribution in [1.29, 1.82) is 0 Å². The summed E-state index contributed by atoms with van der Waals surface area (Å²) in [6.07, 6.45) is 11.6. The average molecular weight is 355 g/mol. The first-order chi connectivity index (χ1) is 12.5. The zero-order valence-electron chi connectivity index (χ0n) is 16.8. The second-order valence-corrected chi connectivity index (χ2v) is 8.17. The molecule has 1 aromatic rings. The summed E-state index contributed by atoms with van der Waals surface area (Å²) in [5.41, 5.74) is 2.29. The minimum atomic E-state index is 0.537. The van der Waals surface area contributed by atoms with Crippen LogP contribution in [0.4, 0.5) is 0 Å². The molecular formula is C22H34N4. The minimum absolute atomic E-state index is 0.537. The predicted molar refractivity (Wildman–Crippen MR) is 111 cm³/mol. The van der Waals surface area contributed by atoms with Gasteiger partial charge in [-0.05, 0) is 77.3 Å². The molecule has 0 amide bonds. The first kappa shape index (κ1) is 18.9. The van der Waals surface area contributed by atoms with Crippen molar-refractivity contribution in [3.63, 3.8) is 0 Å². The van der Waals surface area contributed by atoms with Crippen molar-refractivity contribution in [2.45, 2.75) is 90.4 Å². The van der Waals surface area contributed by atoms with E-state index in [1.165, 1.54) is 38.5 Å². The molecule has 2 heterocycles. The lowest BCUT2D eigenvalue weighted by molar-refractivity contribution is 0.109. The molecule has 0 spiro atoms. The highest BCUT2D eigenvalue weighted by Crippen LogP contribution is 2.23. The van der Waals surface area contributed by atoms with Crippen molar-refractivity contribution in [1.82, 2.24) is 10.0 Å². The van der Waals surface area contributed by atoms with Crippen LogP contribution in [0, 0.1) is 0 Å². The molecule has 142 valence electrons. The van der Waals surface area contributed by atoms with E-state index in [0.717, 1.165) is 11.1 Å². The van der Waals surface area contributed by atoms with Gasteiger partial charge >= 0.3 is 0 Å². The van der Waals surface area contributed by atoms with Crippen LogP contribution in [0.2, 0.25) is 0 Å². The van der Waals surface area contributed by atoms with E-state index in [1.54, 1.807) is 0 Å². The van der Waals surface area contributed by atoms with Gasteiger partial charge in [0, 0.05) is 24.2 Å². The Balaban J connectivity index is 1.61. The normalized spacial score (nSPS) is 30.5. The van der Waals surface area contributed by atoms with Gasteiger partial charge in [0.1, 0.15) is 0 Å². The second kappa shape index (κ2) is 8.70. The molecule has 2 aliphatic rings. The van der Waals surface area contributed by atoms with E-state index in [9.17, 15) is 0 Å². The first-order valence-electron chi connectivity index (χ1n) is 10.3. The standard InChI is InChI=1S/C22H34N4/c1-17-7-5-8-18(2)25(17)23-15-21-11-13-22(14-12-21)16-24-26-19(3)9-6-10-20(26)4/h11-20H,5-10H2,1-4H3/b23-15-,24-16-/t17-,18-,19-,20-/m0/s1. The van der Waals surface area contributed by atoms with Gasteiger partial charge in [0.05, 0.1) is 12.4 Å². The van der Waals surface area contributed by atoms with Crippen molar-refractivity contribution in [3.8, 4) is 0 Å². The summed E-state index contributed by atoms with van der Waals surface area (Å²) >= 11 is 0. The van der Waals surface area contributed by atoms with E-state index in [4.69, 9.17) is 10.2 Å². The molecule has 4 heteroatoms. The molecule has 2 aliphatic heterocycles. The summed E-state index contributed by atoms with van der Waals surface area (Å²) in [6, 6.07) is 10.7. The van der Waals surface area contributed by atoms with Crippen LogP contribution < -0.4 is 0 Å². The summed E-state index contributed by atoms with van der Waals surface area (Å²) in [5, 5.41) is 14.0. The Hall–Kier alpha value is -1.84. The summed E-state index contributed by atoms with van der Waals surface area (Å²) in [4.78, 5) is 0. The van der Waals surface area contributed by atoms with Crippen molar-refractivity contribution in [2.24, 2.45) is 10.2 Å². The second-order valence-electron chi connectivity index (χ2n) is 8.17. The van der Waals surface area contributed by atoms with Crippen LogP contribution in [0.1, 0.15) is 77.3 Å². The van der Waals surface area contributed by atoms with Gasteiger partial charge in [0.15, 0.2) is 0 Å². The van der Waals surface area contributed by atoms with E-state index in [0.29, 0.717) is 24.2 Å². The van der Waals surface area contributed by atoms with Crippen LogP contribution in [-0.2, 0) is 0 Å². The zero-order chi connectivity index (χ0) is 18.5. The number of hydrogen-bond donors (Lipinski definition) is 0. The van der Waals surface area contributed by atoms with Crippen LogP contribution in [0.25, 0.3) is 0 Å². The molecule has 0 aromatic heterocycles. The summed E-state index contributed by atoms with van der Waals surface area (Å²) in [7, 11) is 0. The topological polar surface area (TPSA) is 31.2 Å². The van der Waals surface area contributed by atoms with Gasteiger partial charge in [-0.25, -0.2) is 0 Å². The largest absolute Gasteiger partial charge is 0.292 e. The average Bonchev–Trinajstić information content (AvgIpc) is 2.62. The first-order valence-corrected chi connectivity index (χ1v) is 10.3. The molecule has 1 aromatic carbocycles. The van der Waals surface area contributed by atoms with Crippen molar-refractivity contribution in [3.05, 3.63) is 35.4 Å². The van der Waals surface area contributed by atoms with Gasteiger partial charge in [0.25, 0.3) is 0 Å². The minimum Gasteiger partial charge on any atom is -0.292 e. The van der Waals surface area contributed by atoms with E-state index in [-0.39, 0.29) is 0 Å². The molecule has 4 nitrogen and oxygen atoms in total. The van der Waals surface area contributed by atoms with Gasteiger partial charge in [-0.1, -0.05) is 24.3 Å². The fourth-order valence-electron chi connectivity index (χ4n) is 4.21. The van der Waals surface area contributed by atoms with Gasteiger partial charge in [-0.3, -0.25) is 10.0 Å². The summed E-state index contributed by atoms with van der Waals surface area (Å²) < 4.78 is 0. The van der Waals surface area contributed by atoms with Crippen LogP contribution in [-0.4, -0.2) is 46.6 Å². The lowest BCUT2D eigenvalue weighted by Crippen LogP contribution is -2.39. The van der Waals surface area contributed by atoms with Crippen molar-refractivity contribution >= 4 is 12.4 Å². The fourth-order valence-corrected chi connectivity index (χ4v) is 4.21. The fraction of sp³-hybridized carbons (Fsp3) is 0.636. The molecule has 0 saturated carbocycles. The van der Waals surface area contributed by atoms with Gasteiger partial charge in [-0.2, -0.15) is 10.2 Å². The van der Waals surface area contributed by atoms with E-state index < -0.39 is 0 Å². The van der Waals surface area contributed by atoms with E-state index >= 15 is 0 Å². The molecule has 2 fully saturated rings. The molecule has 0 radical (unpaired) electrons. The highest BCUT2D eigenvalue weighted by molar-refractivity contribution is 5.83. The molecule has 0 unspecified atom stereocenters. The highest BCUT2D eigenvalue weighted by atomic mass is 15.5. The van der Waals surface area contributed by atoms with Crippen LogP contribution in [0.15, 0.2) is 34.5 Å². The summed E-state index contributed by atoms with van der Waals surface area (Å²) in [6.45, 7) is 9.09. The number of piperidine rings is 2. The molecular weight excluding hydrogens is 320 g/mol. The predicted octanol–water partition coefficient (Wildman–Crippen LogP) is 4.88. The molecule has 3 rings (SSSR count). The van der Waals surface area contributed by atoms with E-state index in [1.807, 2.05) is 12.4 Å². The Bertz CT molecular complexity index is 547. The van der Waals surface area contributed by atoms with E-state index in [2.05, 4.69) is 62.0 Å². The molecule has 0 bridgehead atoms. The molecule has 0 aliphatic carbocycles. The SMILES string of the molecule is C[C@H]1CCC[C@H](C)N1/N=C\c1ccc(/C=N\N2[C@@H](C)CCC[C@@H]2C)cc1. The van der Waals surface area contributed by atoms with Gasteiger partial charge in [-0.15, -0.1) is 0 Å². The van der Waals surface area contributed by atoms with Crippen molar-refractivity contribution in [2.75, 3.05) is 0 Å². The number of hydrazone groups is 2. The maximum absolute atomic E-state index is 4.75. The van der Waals surface area contributed by atoms with Crippen LogP contribution in [0.5, 0.6) is 0 Å². The third-order valence-electron chi connectivity index (χ3n) is 5.91. The van der Waals surface area contributed by atoms with Crippen LogP contribution >= 0.6 is 0 Å². The number of benzene rings is 1. The smallest absolute Gasteiger partial charge is 0.0543 e. The molecule has 2 saturated heterocycles. The Morgan fingerprint density at radius 2 is 0.962 bits per heavy atom. The van der Waals surface area contributed by atoms with Crippen LogP contribution in [0.3, 0.4) is 0 Å². The monoisotopic (exact) mass is 354 g/mol. The van der Waals surface area contributed by atoms with Gasteiger partial charge < -0.3 is 0 Å². The number of nitrogens with zero attached hydrogens (tertiary/aromatic N) is 4. The number of rotatable bonds is 4. The zero-order valence-corrected chi connectivity index (χ0v) is 16.8. The third-order valence-corrected chi connectivity index (χ3v) is 5.91. The Labute approximate surface area is 159 Å². The molecule has 0 N–H and O–H groups in total. The molecule has 26 heavy (non-hydrogen) atoms. The lowest BCUT2D eigenvalue weighted by Gasteiger charge is -2.36. The Morgan fingerprint density at radius 3 is 1.27 bits per heavy atom. The quantitative estimate of drug-likeness (QED) is 0.722. The summed E-state index contributed by atoms with van der Waals surface area (Å²) in [5.74, 6) is 0. The Kier molecular flexibility index (Phi) is 6.33. The van der Waals surface area contributed by atoms with Gasteiger partial charge in [0.2, 0.25) is 0 Å².